The zero-order valence-corrected chi connectivity index (χ0v) is 11.4. The number of benzene rings is 1. The number of carbonyl (C=O) groups excluding carboxylic acids is 1. The second-order valence-electron chi connectivity index (χ2n) is 5.16. The number of fused-ring (bicyclic) bond motifs is 1. The maximum Gasteiger partial charge on any atom is 0.223 e. The topological polar surface area (TPSA) is 43.8 Å². The summed E-state index contributed by atoms with van der Waals surface area (Å²) >= 11 is 5.96. The first kappa shape index (κ1) is 12.8. The van der Waals surface area contributed by atoms with Crippen molar-refractivity contribution in [2.24, 2.45) is 0 Å². The van der Waals surface area contributed by atoms with E-state index >= 15 is 0 Å². The molecular weight excluding hydrogens is 264 g/mol. The quantitative estimate of drug-likeness (QED) is 0.896. The van der Waals surface area contributed by atoms with Gasteiger partial charge in [0.05, 0.1) is 6.61 Å². The minimum Gasteiger partial charge on any atom is -0.392 e. The average Bonchev–Trinajstić information content (AvgIpc) is 2.79. The Morgan fingerprint density at radius 1 is 1.37 bits per heavy atom. The molecule has 0 bridgehead atoms. The lowest BCUT2D eigenvalue weighted by atomic mass is 10.1. The number of aliphatic hydroxyl groups is 1. The van der Waals surface area contributed by atoms with Crippen molar-refractivity contribution in [2.45, 2.75) is 25.5 Å². The number of anilines is 1. The van der Waals surface area contributed by atoms with E-state index in [-0.39, 0.29) is 12.5 Å². The van der Waals surface area contributed by atoms with E-state index in [2.05, 4.69) is 4.90 Å². The number of amides is 1. The molecule has 1 atom stereocenters. The molecule has 2 heterocycles. The van der Waals surface area contributed by atoms with E-state index in [1.165, 1.54) is 0 Å². The van der Waals surface area contributed by atoms with Crippen LogP contribution in [0.25, 0.3) is 0 Å². The molecule has 0 aromatic heterocycles. The Morgan fingerprint density at radius 3 is 3.00 bits per heavy atom. The van der Waals surface area contributed by atoms with Gasteiger partial charge in [0.15, 0.2) is 0 Å². The van der Waals surface area contributed by atoms with Gasteiger partial charge in [0.1, 0.15) is 0 Å². The van der Waals surface area contributed by atoms with Gasteiger partial charge in [0, 0.05) is 48.4 Å². The molecule has 19 heavy (non-hydrogen) atoms. The molecule has 1 aromatic carbocycles. The Balaban J connectivity index is 1.82. The summed E-state index contributed by atoms with van der Waals surface area (Å²) < 4.78 is 0. The Kier molecular flexibility index (Phi) is 3.37. The molecule has 0 radical (unpaired) electrons. The summed E-state index contributed by atoms with van der Waals surface area (Å²) in [7, 11) is 0. The molecule has 0 aliphatic carbocycles. The Labute approximate surface area is 117 Å². The Bertz CT molecular complexity index is 506. The fourth-order valence-electron chi connectivity index (χ4n) is 3.07. The van der Waals surface area contributed by atoms with Crippen LogP contribution in [-0.4, -0.2) is 41.6 Å². The predicted molar refractivity (Wildman–Crippen MR) is 74.3 cm³/mol. The second kappa shape index (κ2) is 5.02. The van der Waals surface area contributed by atoms with Gasteiger partial charge in [0.25, 0.3) is 0 Å². The molecule has 4 nitrogen and oxygen atoms in total. The number of nitrogens with zero attached hydrogens (tertiary/aromatic N) is 2. The molecule has 2 fully saturated rings. The van der Waals surface area contributed by atoms with Crippen LogP contribution in [0.4, 0.5) is 5.69 Å². The van der Waals surface area contributed by atoms with Crippen molar-refractivity contribution in [3.63, 3.8) is 0 Å². The first-order valence-corrected chi connectivity index (χ1v) is 7.00. The molecule has 0 saturated carbocycles. The minimum atomic E-state index is -0.0142. The van der Waals surface area contributed by atoms with Crippen LogP contribution in [0, 0.1) is 0 Å². The molecule has 1 amide bonds. The van der Waals surface area contributed by atoms with Crippen molar-refractivity contribution in [3.05, 3.63) is 28.8 Å². The highest BCUT2D eigenvalue weighted by Crippen LogP contribution is 2.29. The highest BCUT2D eigenvalue weighted by Gasteiger charge is 2.35. The van der Waals surface area contributed by atoms with Crippen LogP contribution >= 0.6 is 11.6 Å². The van der Waals surface area contributed by atoms with Crippen LogP contribution in [0.1, 0.15) is 18.4 Å². The fraction of sp³-hybridized carbons (Fsp3) is 0.500. The van der Waals surface area contributed by atoms with E-state index in [0.29, 0.717) is 17.5 Å². The molecule has 1 aromatic rings. The minimum absolute atomic E-state index is 0.0142. The summed E-state index contributed by atoms with van der Waals surface area (Å²) in [5.74, 6) is 0.281. The van der Waals surface area contributed by atoms with Crippen LogP contribution in [0.2, 0.25) is 5.02 Å². The van der Waals surface area contributed by atoms with Gasteiger partial charge >= 0.3 is 0 Å². The summed E-state index contributed by atoms with van der Waals surface area (Å²) in [5, 5.41) is 10.1. The van der Waals surface area contributed by atoms with Gasteiger partial charge in [0.2, 0.25) is 5.91 Å². The van der Waals surface area contributed by atoms with Crippen LogP contribution < -0.4 is 4.90 Å². The molecule has 2 aliphatic rings. The third-order valence-electron chi connectivity index (χ3n) is 4.05. The highest BCUT2D eigenvalue weighted by molar-refractivity contribution is 6.30. The van der Waals surface area contributed by atoms with Gasteiger partial charge in [-0.05, 0) is 24.6 Å². The van der Waals surface area contributed by atoms with Crippen LogP contribution in [0.15, 0.2) is 18.2 Å². The van der Waals surface area contributed by atoms with E-state index in [1.807, 2.05) is 23.1 Å². The molecule has 1 unspecified atom stereocenters. The molecule has 2 saturated heterocycles. The van der Waals surface area contributed by atoms with E-state index < -0.39 is 0 Å². The van der Waals surface area contributed by atoms with Crippen molar-refractivity contribution in [1.29, 1.82) is 0 Å². The maximum atomic E-state index is 11.7. The zero-order chi connectivity index (χ0) is 13.4. The van der Waals surface area contributed by atoms with E-state index in [1.54, 1.807) is 0 Å². The normalized spacial score (nSPS) is 22.8. The first-order chi connectivity index (χ1) is 9.19. The summed E-state index contributed by atoms with van der Waals surface area (Å²) in [4.78, 5) is 15.9. The molecule has 0 spiro atoms. The number of piperazine rings is 1. The number of hydrogen-bond donors (Lipinski definition) is 1. The molecule has 102 valence electrons. The van der Waals surface area contributed by atoms with Crippen LogP contribution in [0.3, 0.4) is 0 Å². The monoisotopic (exact) mass is 280 g/mol. The van der Waals surface area contributed by atoms with Gasteiger partial charge in [-0.3, -0.25) is 4.79 Å². The SMILES string of the molecule is O=C1CCC2CN(c3ccc(Cl)cc3CO)CCN12. The fourth-order valence-corrected chi connectivity index (χ4v) is 3.27. The molecular formula is C14H17ClN2O2. The largest absolute Gasteiger partial charge is 0.392 e. The average molecular weight is 281 g/mol. The number of aliphatic hydroxyl groups excluding tert-OH is 1. The lowest BCUT2D eigenvalue weighted by molar-refractivity contribution is -0.129. The van der Waals surface area contributed by atoms with Crippen molar-refractivity contribution < 1.29 is 9.90 Å². The molecule has 5 heteroatoms. The van der Waals surface area contributed by atoms with Gasteiger partial charge < -0.3 is 14.9 Å². The highest BCUT2D eigenvalue weighted by atomic mass is 35.5. The Hall–Kier alpha value is -1.26. The molecule has 3 rings (SSSR count). The lowest BCUT2D eigenvalue weighted by Crippen LogP contribution is -2.51. The molecule has 2 aliphatic heterocycles. The standard InChI is InChI=1S/C14H17ClN2O2/c15-11-1-3-13(10(7-11)9-18)16-5-6-17-12(8-16)2-4-14(17)19/h1,3,7,12,18H,2,4-6,8-9H2. The first-order valence-electron chi connectivity index (χ1n) is 6.63. The Morgan fingerprint density at radius 2 is 2.21 bits per heavy atom. The van der Waals surface area contributed by atoms with E-state index in [9.17, 15) is 9.90 Å². The third-order valence-corrected chi connectivity index (χ3v) is 4.28. The van der Waals surface area contributed by atoms with Gasteiger partial charge in [-0.25, -0.2) is 0 Å². The zero-order valence-electron chi connectivity index (χ0n) is 10.7. The van der Waals surface area contributed by atoms with Crippen molar-refractivity contribution >= 4 is 23.2 Å². The van der Waals surface area contributed by atoms with Gasteiger partial charge in [-0.1, -0.05) is 11.6 Å². The second-order valence-corrected chi connectivity index (χ2v) is 5.59. The maximum absolute atomic E-state index is 11.7. The number of halogens is 1. The van der Waals surface area contributed by atoms with E-state index in [0.717, 1.165) is 37.3 Å². The summed E-state index contributed by atoms with van der Waals surface area (Å²) in [6, 6.07) is 5.94. The summed E-state index contributed by atoms with van der Waals surface area (Å²) in [6.45, 7) is 2.42. The predicted octanol–water partition coefficient (Wildman–Crippen LogP) is 1.64. The summed E-state index contributed by atoms with van der Waals surface area (Å²) in [5.41, 5.74) is 1.89. The van der Waals surface area contributed by atoms with Crippen molar-refractivity contribution in [3.8, 4) is 0 Å². The van der Waals surface area contributed by atoms with Gasteiger partial charge in [-0.15, -0.1) is 0 Å². The van der Waals surface area contributed by atoms with Gasteiger partial charge in [-0.2, -0.15) is 0 Å². The van der Waals surface area contributed by atoms with Crippen LogP contribution in [0.5, 0.6) is 0 Å². The summed E-state index contributed by atoms with van der Waals surface area (Å²) in [6.07, 6.45) is 1.61. The smallest absolute Gasteiger partial charge is 0.223 e. The lowest BCUT2D eigenvalue weighted by Gasteiger charge is -2.39. The number of carbonyl (C=O) groups is 1. The van der Waals surface area contributed by atoms with Crippen molar-refractivity contribution in [1.82, 2.24) is 4.90 Å². The number of rotatable bonds is 2. The third kappa shape index (κ3) is 2.30. The number of hydrogen-bond acceptors (Lipinski definition) is 3. The molecule has 1 N–H and O–H groups in total. The van der Waals surface area contributed by atoms with Crippen LogP contribution in [-0.2, 0) is 11.4 Å². The van der Waals surface area contributed by atoms with Crippen molar-refractivity contribution in [2.75, 3.05) is 24.5 Å². The van der Waals surface area contributed by atoms with E-state index in [4.69, 9.17) is 11.6 Å².